The van der Waals surface area contributed by atoms with Gasteiger partial charge in [-0.15, -0.1) is 10.2 Å². The smallest absolute Gasteiger partial charge is 0.271 e. The summed E-state index contributed by atoms with van der Waals surface area (Å²) >= 11 is 13.5. The van der Waals surface area contributed by atoms with Gasteiger partial charge in [0.15, 0.2) is 16.7 Å². The highest BCUT2D eigenvalue weighted by molar-refractivity contribution is 8.15. The zero-order chi connectivity index (χ0) is 24.9. The van der Waals surface area contributed by atoms with E-state index in [1.54, 1.807) is 28.8 Å². The molecule has 1 N–H and O–H groups in total. The van der Waals surface area contributed by atoms with Crippen molar-refractivity contribution in [2.75, 3.05) is 5.43 Å². The molecular formula is C23H16Cl2N6O3S. The molecule has 9 nitrogen and oxygen atoms in total. The summed E-state index contributed by atoms with van der Waals surface area (Å²) in [5.74, 6) is 0.122. The highest BCUT2D eigenvalue weighted by Crippen LogP contribution is 2.34. The maximum atomic E-state index is 12.4. The lowest BCUT2D eigenvalue weighted by Gasteiger charge is -2.11. The van der Waals surface area contributed by atoms with E-state index in [4.69, 9.17) is 23.2 Å². The SMILES string of the molecule is CC(=O)/C(=N/Nc1cccc([N+](=O)[O-])c1)Sc1nnc(-c2ccc(Cl)cc2Cl)n1-c1ccccc1. The van der Waals surface area contributed by atoms with Gasteiger partial charge in [0, 0.05) is 35.3 Å². The van der Waals surface area contributed by atoms with Gasteiger partial charge in [-0.1, -0.05) is 47.5 Å². The molecule has 176 valence electrons. The molecule has 4 aromatic rings. The summed E-state index contributed by atoms with van der Waals surface area (Å²) in [5, 5.41) is 25.1. The first-order valence-electron chi connectivity index (χ1n) is 10.1. The molecule has 0 saturated heterocycles. The van der Waals surface area contributed by atoms with E-state index < -0.39 is 4.92 Å². The van der Waals surface area contributed by atoms with Crippen LogP contribution in [0.1, 0.15) is 6.92 Å². The lowest BCUT2D eigenvalue weighted by molar-refractivity contribution is -0.384. The number of carbonyl (C=O) groups is 1. The fourth-order valence-corrected chi connectivity index (χ4v) is 4.32. The average molecular weight is 527 g/mol. The Labute approximate surface area is 213 Å². The van der Waals surface area contributed by atoms with Gasteiger partial charge in [0.1, 0.15) is 0 Å². The summed E-state index contributed by atoms with van der Waals surface area (Å²) in [5.41, 5.74) is 4.31. The summed E-state index contributed by atoms with van der Waals surface area (Å²) in [6.07, 6.45) is 0. The topological polar surface area (TPSA) is 115 Å². The molecule has 0 amide bonds. The summed E-state index contributed by atoms with van der Waals surface area (Å²) < 4.78 is 1.76. The van der Waals surface area contributed by atoms with Gasteiger partial charge in [0.25, 0.3) is 5.69 Å². The molecule has 0 aliphatic rings. The van der Waals surface area contributed by atoms with E-state index in [-0.39, 0.29) is 16.5 Å². The van der Waals surface area contributed by atoms with Crippen LogP contribution >= 0.6 is 35.0 Å². The molecule has 0 aliphatic carbocycles. The highest BCUT2D eigenvalue weighted by Gasteiger charge is 2.21. The number of nitro benzene ring substituents is 1. The Morgan fingerprint density at radius 3 is 2.51 bits per heavy atom. The molecule has 1 heterocycles. The molecule has 4 rings (SSSR count). The van der Waals surface area contributed by atoms with Crippen LogP contribution in [0, 0.1) is 10.1 Å². The van der Waals surface area contributed by atoms with Gasteiger partial charge in [0.2, 0.25) is 5.16 Å². The number of rotatable bonds is 7. The number of carbonyl (C=O) groups excluding carboxylic acids is 1. The van der Waals surface area contributed by atoms with Crippen molar-refractivity contribution in [2.45, 2.75) is 12.1 Å². The Kier molecular flexibility index (Phi) is 7.45. The Balaban J connectivity index is 1.73. The lowest BCUT2D eigenvalue weighted by atomic mass is 10.2. The minimum atomic E-state index is -0.513. The van der Waals surface area contributed by atoms with Crippen LogP contribution in [0.4, 0.5) is 11.4 Å². The largest absolute Gasteiger partial charge is 0.292 e. The van der Waals surface area contributed by atoms with Gasteiger partial charge in [-0.25, -0.2) is 0 Å². The van der Waals surface area contributed by atoms with Crippen molar-refractivity contribution in [1.82, 2.24) is 14.8 Å². The summed E-state index contributed by atoms with van der Waals surface area (Å²) in [6, 6.07) is 20.2. The number of Topliss-reactive ketones (excluding diaryl/α,β-unsaturated/α-hetero) is 1. The molecule has 0 atom stereocenters. The second-order valence-electron chi connectivity index (χ2n) is 7.10. The van der Waals surface area contributed by atoms with Crippen LogP contribution in [0.3, 0.4) is 0 Å². The molecule has 0 radical (unpaired) electrons. The van der Waals surface area contributed by atoms with Crippen LogP contribution in [-0.4, -0.2) is 30.5 Å². The molecule has 3 aromatic carbocycles. The summed E-state index contributed by atoms with van der Waals surface area (Å²) in [6.45, 7) is 1.36. The molecule has 0 fully saturated rings. The molecule has 0 spiro atoms. The number of non-ortho nitro benzene ring substituents is 1. The van der Waals surface area contributed by atoms with Gasteiger partial charge in [-0.05, 0) is 48.2 Å². The first-order chi connectivity index (χ1) is 16.8. The number of hydrazone groups is 1. The van der Waals surface area contributed by atoms with Crippen molar-refractivity contribution in [3.8, 4) is 17.1 Å². The minimum Gasteiger partial charge on any atom is -0.292 e. The highest BCUT2D eigenvalue weighted by atomic mass is 35.5. The Morgan fingerprint density at radius 2 is 1.83 bits per heavy atom. The van der Waals surface area contributed by atoms with E-state index in [2.05, 4.69) is 20.7 Å². The van der Waals surface area contributed by atoms with Crippen molar-refractivity contribution >= 4 is 57.2 Å². The van der Waals surface area contributed by atoms with Gasteiger partial charge < -0.3 is 0 Å². The number of ketones is 1. The number of anilines is 1. The number of nitrogens with zero attached hydrogens (tertiary/aromatic N) is 5. The number of benzene rings is 3. The Bertz CT molecular complexity index is 1440. The first kappa shape index (κ1) is 24.4. The van der Waals surface area contributed by atoms with Crippen LogP contribution in [-0.2, 0) is 4.79 Å². The average Bonchev–Trinajstić information content (AvgIpc) is 3.25. The molecule has 0 aliphatic heterocycles. The normalized spacial score (nSPS) is 11.3. The van der Waals surface area contributed by atoms with E-state index in [9.17, 15) is 14.9 Å². The minimum absolute atomic E-state index is 0.0786. The Hall–Kier alpha value is -3.73. The van der Waals surface area contributed by atoms with Crippen LogP contribution in [0.5, 0.6) is 0 Å². The van der Waals surface area contributed by atoms with Crippen LogP contribution < -0.4 is 5.43 Å². The zero-order valence-corrected chi connectivity index (χ0v) is 20.4. The third-order valence-corrected chi connectivity index (χ3v) is 6.22. The molecule has 0 saturated carbocycles. The number of hydrogen-bond donors (Lipinski definition) is 1. The molecule has 12 heteroatoms. The third-order valence-electron chi connectivity index (χ3n) is 4.65. The molecule has 0 unspecified atom stereocenters. The molecule has 1 aromatic heterocycles. The number of para-hydroxylation sites is 1. The van der Waals surface area contributed by atoms with Crippen LogP contribution in [0.2, 0.25) is 10.0 Å². The predicted molar refractivity (Wildman–Crippen MR) is 138 cm³/mol. The van der Waals surface area contributed by atoms with E-state index >= 15 is 0 Å². The number of halogens is 2. The number of aromatic nitrogens is 3. The van der Waals surface area contributed by atoms with Gasteiger partial charge >= 0.3 is 0 Å². The molecule has 0 bridgehead atoms. The monoisotopic (exact) mass is 526 g/mol. The predicted octanol–water partition coefficient (Wildman–Crippen LogP) is 6.26. The number of nitro groups is 1. The van der Waals surface area contributed by atoms with E-state index in [1.807, 2.05) is 30.3 Å². The van der Waals surface area contributed by atoms with Gasteiger partial charge in [-0.2, -0.15) is 5.10 Å². The number of nitrogens with one attached hydrogen (secondary N) is 1. The maximum Gasteiger partial charge on any atom is 0.271 e. The van der Waals surface area contributed by atoms with E-state index in [1.165, 1.54) is 25.1 Å². The van der Waals surface area contributed by atoms with Gasteiger partial charge in [-0.3, -0.25) is 24.9 Å². The Morgan fingerprint density at radius 1 is 1.06 bits per heavy atom. The number of thioether (sulfide) groups is 1. The first-order valence-corrected chi connectivity index (χ1v) is 11.6. The van der Waals surface area contributed by atoms with E-state index in [0.29, 0.717) is 32.3 Å². The second kappa shape index (κ2) is 10.7. The van der Waals surface area contributed by atoms with Crippen LogP contribution in [0.25, 0.3) is 17.1 Å². The number of hydrogen-bond acceptors (Lipinski definition) is 8. The van der Waals surface area contributed by atoms with Crippen molar-refractivity contribution in [3.05, 3.63) is 93.0 Å². The van der Waals surface area contributed by atoms with Crippen molar-refractivity contribution in [1.29, 1.82) is 0 Å². The zero-order valence-electron chi connectivity index (χ0n) is 18.1. The van der Waals surface area contributed by atoms with Crippen molar-refractivity contribution in [3.63, 3.8) is 0 Å². The van der Waals surface area contributed by atoms with Crippen molar-refractivity contribution in [2.24, 2.45) is 5.10 Å². The molecule has 35 heavy (non-hydrogen) atoms. The summed E-state index contributed by atoms with van der Waals surface area (Å²) in [4.78, 5) is 22.9. The lowest BCUT2D eigenvalue weighted by Crippen LogP contribution is -2.10. The quantitative estimate of drug-likeness (QED) is 0.0992. The fraction of sp³-hybridized carbons (Fsp3) is 0.0435. The maximum absolute atomic E-state index is 12.4. The summed E-state index contributed by atoms with van der Waals surface area (Å²) in [7, 11) is 0. The fourth-order valence-electron chi connectivity index (χ4n) is 3.06. The van der Waals surface area contributed by atoms with Crippen LogP contribution in [0.15, 0.2) is 83.1 Å². The second-order valence-corrected chi connectivity index (χ2v) is 8.90. The standard InChI is InChI=1S/C23H16Cl2N6O3S/c1-14(32)22(28-26-16-6-5-9-18(13-16)31(33)34)35-23-29-27-21(19-11-10-15(24)12-20(19)25)30(23)17-7-3-2-4-8-17/h2-13,26H,1H3/b28-22-. The van der Waals surface area contributed by atoms with Gasteiger partial charge in [0.05, 0.1) is 15.6 Å². The third kappa shape index (κ3) is 5.68. The van der Waals surface area contributed by atoms with E-state index in [0.717, 1.165) is 17.4 Å². The van der Waals surface area contributed by atoms with Crippen molar-refractivity contribution < 1.29 is 9.72 Å². The molecular weight excluding hydrogens is 511 g/mol.